The predicted molar refractivity (Wildman–Crippen MR) is 113 cm³/mol. The third kappa shape index (κ3) is 4.74. The van der Waals surface area contributed by atoms with Crippen LogP contribution >= 0.6 is 11.8 Å². The minimum atomic E-state index is -4.82. The fraction of sp³-hybridized carbons (Fsp3) is 0.182. The molecular weight excluding hydrogens is 478 g/mol. The second kappa shape index (κ2) is 8.83. The monoisotopic (exact) mass is 491 g/mol. The van der Waals surface area contributed by atoms with Crippen LogP contribution in [0, 0.1) is 23.1 Å². The zero-order valence-corrected chi connectivity index (χ0v) is 17.8. The van der Waals surface area contributed by atoms with Gasteiger partial charge in [0.25, 0.3) is 5.91 Å². The van der Waals surface area contributed by atoms with Gasteiger partial charge in [-0.25, -0.2) is 4.39 Å². The van der Waals surface area contributed by atoms with E-state index < -0.39 is 46.9 Å². The Bertz CT molecular complexity index is 1290. The van der Waals surface area contributed by atoms with E-state index in [9.17, 15) is 27.2 Å². The molecule has 7 nitrogen and oxygen atoms in total. The predicted octanol–water partition coefficient (Wildman–Crippen LogP) is 4.50. The van der Waals surface area contributed by atoms with Gasteiger partial charge in [0.05, 0.1) is 28.0 Å². The number of carboxylic acids is 1. The van der Waals surface area contributed by atoms with Crippen molar-refractivity contribution >= 4 is 34.9 Å². The van der Waals surface area contributed by atoms with Gasteiger partial charge in [-0.1, -0.05) is 6.07 Å². The van der Waals surface area contributed by atoms with Crippen molar-refractivity contribution in [3.05, 3.63) is 63.8 Å². The Balaban J connectivity index is 1.50. The average molecular weight is 491 g/mol. The maximum atomic E-state index is 14.6. The smallest absolute Gasteiger partial charge is 0.420 e. The molecule has 0 saturated carbocycles. The maximum absolute atomic E-state index is 14.6. The molecule has 1 amide bonds. The van der Waals surface area contributed by atoms with Crippen LogP contribution in [0.25, 0.3) is 6.08 Å². The number of amides is 1. The Hall–Kier alpha value is -3.85. The molecule has 2 heterocycles. The highest BCUT2D eigenvalue weighted by Crippen LogP contribution is 2.39. The molecule has 1 N–H and O–H groups in total. The lowest BCUT2D eigenvalue weighted by Gasteiger charge is -2.37. The molecular formula is C22H13F4N3O4S. The van der Waals surface area contributed by atoms with Crippen molar-refractivity contribution in [3.8, 4) is 17.6 Å². The van der Waals surface area contributed by atoms with Crippen molar-refractivity contribution in [3.63, 3.8) is 0 Å². The van der Waals surface area contributed by atoms with Gasteiger partial charge in [-0.15, -0.1) is 0 Å². The topological polar surface area (TPSA) is 103 Å². The molecule has 0 atom stereocenters. The lowest BCUT2D eigenvalue weighted by atomic mass is 10.0. The third-order valence-electron chi connectivity index (χ3n) is 5.00. The van der Waals surface area contributed by atoms with Crippen LogP contribution in [0.2, 0.25) is 0 Å². The summed E-state index contributed by atoms with van der Waals surface area (Å²) in [6, 6.07) is 7.76. The number of carbonyl (C=O) groups excluding carboxylic acids is 1. The van der Waals surface area contributed by atoms with Crippen LogP contribution in [0.3, 0.4) is 0 Å². The number of nitriles is 1. The molecule has 4 rings (SSSR count). The number of alkyl halides is 3. The molecule has 0 spiro atoms. The molecule has 0 aromatic heterocycles. The van der Waals surface area contributed by atoms with Gasteiger partial charge in [-0.3, -0.25) is 9.59 Å². The van der Waals surface area contributed by atoms with Gasteiger partial charge >= 0.3 is 12.1 Å². The molecule has 34 heavy (non-hydrogen) atoms. The SMILES string of the molecule is N#Cc1ccc(Oc2ccc(C=C3SC(N4CC(C(=O)O)C4)=NC3=O)cc2F)c(C(F)(F)F)c1. The van der Waals surface area contributed by atoms with Crippen molar-refractivity contribution in [1.82, 2.24) is 4.90 Å². The molecule has 0 unspecified atom stereocenters. The Morgan fingerprint density at radius 1 is 1.24 bits per heavy atom. The van der Waals surface area contributed by atoms with E-state index in [1.807, 2.05) is 0 Å². The Labute approximate surface area is 194 Å². The van der Waals surface area contributed by atoms with E-state index in [1.165, 1.54) is 12.1 Å². The first kappa shape index (κ1) is 23.3. The minimum Gasteiger partial charge on any atom is -0.481 e. The number of benzene rings is 2. The number of thioether (sulfide) groups is 1. The summed E-state index contributed by atoms with van der Waals surface area (Å²) in [6.45, 7) is 0.468. The van der Waals surface area contributed by atoms with Gasteiger partial charge in [-0.05, 0) is 53.7 Å². The van der Waals surface area contributed by atoms with E-state index in [4.69, 9.17) is 15.1 Å². The quantitative estimate of drug-likeness (QED) is 0.496. The van der Waals surface area contributed by atoms with Crippen LogP contribution in [-0.4, -0.2) is 40.1 Å². The summed E-state index contributed by atoms with van der Waals surface area (Å²) in [5.74, 6) is -4.11. The fourth-order valence-electron chi connectivity index (χ4n) is 3.19. The molecule has 2 aliphatic heterocycles. The zero-order valence-electron chi connectivity index (χ0n) is 17.0. The van der Waals surface area contributed by atoms with Crippen LogP contribution < -0.4 is 4.74 Å². The average Bonchev–Trinajstić information content (AvgIpc) is 3.07. The second-order valence-corrected chi connectivity index (χ2v) is 8.37. The van der Waals surface area contributed by atoms with Crippen molar-refractivity contribution in [2.24, 2.45) is 10.9 Å². The second-order valence-electron chi connectivity index (χ2n) is 7.36. The largest absolute Gasteiger partial charge is 0.481 e. The molecule has 1 saturated heterocycles. The van der Waals surface area contributed by atoms with Crippen molar-refractivity contribution < 1.29 is 37.0 Å². The minimum absolute atomic E-state index is 0.188. The van der Waals surface area contributed by atoms with Crippen LogP contribution in [0.4, 0.5) is 17.6 Å². The highest BCUT2D eigenvalue weighted by Gasteiger charge is 2.38. The number of likely N-dealkylation sites (tertiary alicyclic amines) is 1. The zero-order chi connectivity index (χ0) is 24.6. The summed E-state index contributed by atoms with van der Waals surface area (Å²) in [5.41, 5.74) is -1.19. The van der Waals surface area contributed by atoms with E-state index in [0.717, 1.165) is 36.0 Å². The molecule has 1 fully saturated rings. The van der Waals surface area contributed by atoms with Gasteiger partial charge in [0.2, 0.25) is 0 Å². The molecule has 174 valence electrons. The summed E-state index contributed by atoms with van der Waals surface area (Å²) in [4.78, 5) is 28.8. The van der Waals surface area contributed by atoms with Crippen molar-refractivity contribution in [1.29, 1.82) is 5.26 Å². The first-order valence-electron chi connectivity index (χ1n) is 9.64. The van der Waals surface area contributed by atoms with E-state index in [0.29, 0.717) is 11.2 Å². The number of carbonyl (C=O) groups is 2. The molecule has 2 aromatic rings. The number of ether oxygens (including phenoxy) is 1. The van der Waals surface area contributed by atoms with Gasteiger partial charge < -0.3 is 14.7 Å². The maximum Gasteiger partial charge on any atom is 0.420 e. The lowest BCUT2D eigenvalue weighted by Crippen LogP contribution is -2.51. The number of carboxylic acid groups (broad SMARTS) is 1. The molecule has 0 radical (unpaired) electrons. The van der Waals surface area contributed by atoms with Crippen molar-refractivity contribution in [2.45, 2.75) is 6.18 Å². The number of amidine groups is 1. The number of halogens is 4. The summed E-state index contributed by atoms with van der Waals surface area (Å²) < 4.78 is 59.7. The number of aliphatic imine (C=N–C) groups is 1. The van der Waals surface area contributed by atoms with Gasteiger partial charge in [0.1, 0.15) is 5.75 Å². The van der Waals surface area contributed by atoms with Crippen LogP contribution in [0.5, 0.6) is 11.5 Å². The normalized spacial score (nSPS) is 17.4. The Morgan fingerprint density at radius 2 is 1.94 bits per heavy atom. The van der Waals surface area contributed by atoms with Crippen LogP contribution in [-0.2, 0) is 15.8 Å². The van der Waals surface area contributed by atoms with Gasteiger partial charge in [-0.2, -0.15) is 23.4 Å². The van der Waals surface area contributed by atoms with E-state index in [1.54, 1.807) is 11.0 Å². The first-order chi connectivity index (χ1) is 16.0. The molecule has 0 aliphatic carbocycles. The molecule has 12 heteroatoms. The van der Waals surface area contributed by atoms with Crippen LogP contribution in [0.1, 0.15) is 16.7 Å². The Morgan fingerprint density at radius 3 is 2.56 bits per heavy atom. The summed E-state index contributed by atoms with van der Waals surface area (Å²) in [6.07, 6.45) is -3.45. The van der Waals surface area contributed by atoms with Crippen molar-refractivity contribution in [2.75, 3.05) is 13.1 Å². The Kier molecular flexibility index (Phi) is 6.05. The van der Waals surface area contributed by atoms with E-state index >= 15 is 0 Å². The first-order valence-corrected chi connectivity index (χ1v) is 10.5. The number of nitrogens with zero attached hydrogens (tertiary/aromatic N) is 3. The molecule has 2 aliphatic rings. The summed E-state index contributed by atoms with van der Waals surface area (Å²) in [5, 5.41) is 18.1. The summed E-state index contributed by atoms with van der Waals surface area (Å²) in [7, 11) is 0. The van der Waals surface area contributed by atoms with Gasteiger partial charge in [0.15, 0.2) is 16.7 Å². The number of hydrogen-bond donors (Lipinski definition) is 1. The molecule has 2 aromatic carbocycles. The van der Waals surface area contributed by atoms with Gasteiger partial charge in [0, 0.05) is 13.1 Å². The fourth-order valence-corrected chi connectivity index (χ4v) is 4.13. The third-order valence-corrected chi connectivity index (χ3v) is 6.04. The number of hydrogen-bond acceptors (Lipinski definition) is 6. The van der Waals surface area contributed by atoms with E-state index in [2.05, 4.69) is 4.99 Å². The number of aliphatic carboxylic acids is 1. The van der Waals surface area contributed by atoms with Crippen LogP contribution in [0.15, 0.2) is 46.3 Å². The number of rotatable bonds is 4. The molecule has 0 bridgehead atoms. The van der Waals surface area contributed by atoms with E-state index in [-0.39, 0.29) is 29.1 Å². The lowest BCUT2D eigenvalue weighted by molar-refractivity contribution is -0.145. The standard InChI is InChI=1S/C22H13F4N3O4S/c23-15-6-11(7-18-19(30)28-21(34-18)29-9-13(10-29)20(31)32)1-4-17(15)33-16-3-2-12(8-27)5-14(16)22(24,25)26/h1-7,13H,9-10H2,(H,31,32). The summed E-state index contributed by atoms with van der Waals surface area (Å²) >= 11 is 1.02. The highest BCUT2D eigenvalue weighted by molar-refractivity contribution is 8.18. The highest BCUT2D eigenvalue weighted by atomic mass is 32.2.